The van der Waals surface area contributed by atoms with Crippen molar-refractivity contribution in [3.63, 3.8) is 0 Å². The molecule has 2 N–H and O–H groups in total. The number of anilines is 1. The number of hydroxylamine groups is 1. The molecule has 1 saturated heterocycles. The third-order valence-corrected chi connectivity index (χ3v) is 6.08. The zero-order valence-corrected chi connectivity index (χ0v) is 18.4. The molecule has 2 aromatic carbocycles. The van der Waals surface area contributed by atoms with Gasteiger partial charge in [0.2, 0.25) is 15.9 Å². The van der Waals surface area contributed by atoms with Crippen LogP contribution >= 0.6 is 0 Å². The van der Waals surface area contributed by atoms with Crippen molar-refractivity contribution in [2.24, 2.45) is 0 Å². The molecule has 0 aliphatic carbocycles. The first-order chi connectivity index (χ1) is 15.2. The van der Waals surface area contributed by atoms with E-state index in [2.05, 4.69) is 16.3 Å². The molecule has 0 atom stereocenters. The Morgan fingerprint density at radius 2 is 1.91 bits per heavy atom. The monoisotopic (exact) mass is 457 g/mol. The highest BCUT2D eigenvalue weighted by atomic mass is 32.2. The summed E-state index contributed by atoms with van der Waals surface area (Å²) in [5, 5.41) is 0. The number of halogens is 1. The summed E-state index contributed by atoms with van der Waals surface area (Å²) in [6, 6.07) is 14.0. The first-order valence-corrected chi connectivity index (χ1v) is 12.1. The van der Waals surface area contributed by atoms with Crippen LogP contribution in [0.15, 0.2) is 60.7 Å². The quantitative estimate of drug-likeness (QED) is 0.674. The normalized spacial score (nSPS) is 17.9. The molecule has 2 aromatic rings. The summed E-state index contributed by atoms with van der Waals surface area (Å²) in [5.41, 5.74) is 4.89. The summed E-state index contributed by atoms with van der Waals surface area (Å²) in [7, 11) is -3.57. The lowest BCUT2D eigenvalue weighted by Gasteiger charge is -2.36. The van der Waals surface area contributed by atoms with Gasteiger partial charge < -0.3 is 4.90 Å². The van der Waals surface area contributed by atoms with Crippen molar-refractivity contribution >= 4 is 33.4 Å². The number of likely N-dealkylation sites (tertiary alicyclic amines) is 1. The number of benzene rings is 2. The number of nitrogens with zero attached hydrogens (tertiary/aromatic N) is 1. The summed E-state index contributed by atoms with van der Waals surface area (Å²) in [6.45, 7) is 1.07. The first kappa shape index (κ1) is 22.0. The standard InChI is InChI=1S/C23H24FN3O4S/c1-32(29,30)26-20-9-7-17(15-19(20)24)8-10-22(28)27-13-11-23(12-14-27)16-21(25-31-23)18-5-3-2-4-6-18/h2-10,15-16,25-26H,11-14H2,1H3. The zero-order chi connectivity index (χ0) is 22.8. The number of sulfonamides is 1. The number of nitrogens with one attached hydrogen (secondary N) is 2. The summed E-state index contributed by atoms with van der Waals surface area (Å²) >= 11 is 0. The molecule has 1 fully saturated rings. The van der Waals surface area contributed by atoms with Crippen LogP contribution in [0.25, 0.3) is 11.8 Å². The van der Waals surface area contributed by atoms with E-state index in [-0.39, 0.29) is 11.6 Å². The molecule has 0 bridgehead atoms. The molecule has 1 amide bonds. The molecule has 2 aliphatic heterocycles. The molecule has 32 heavy (non-hydrogen) atoms. The molecule has 0 saturated carbocycles. The fourth-order valence-electron chi connectivity index (χ4n) is 3.78. The Balaban J connectivity index is 1.36. The maximum Gasteiger partial charge on any atom is 0.246 e. The number of hydrogen-bond donors (Lipinski definition) is 2. The smallest absolute Gasteiger partial charge is 0.246 e. The molecule has 2 heterocycles. The van der Waals surface area contributed by atoms with E-state index in [0.29, 0.717) is 31.5 Å². The van der Waals surface area contributed by atoms with Gasteiger partial charge >= 0.3 is 0 Å². The molecule has 2 aliphatic rings. The van der Waals surface area contributed by atoms with Crippen molar-refractivity contribution in [3.05, 3.63) is 77.6 Å². The third-order valence-electron chi connectivity index (χ3n) is 5.48. The van der Waals surface area contributed by atoms with Crippen LogP contribution < -0.4 is 10.2 Å². The fraction of sp³-hybridized carbons (Fsp3) is 0.261. The third kappa shape index (κ3) is 5.17. The molecule has 0 aromatic heterocycles. The maximum atomic E-state index is 14.1. The molecule has 168 valence electrons. The van der Waals surface area contributed by atoms with E-state index < -0.39 is 21.4 Å². The molecule has 4 rings (SSSR count). The van der Waals surface area contributed by atoms with E-state index in [4.69, 9.17) is 4.84 Å². The minimum atomic E-state index is -3.57. The minimum Gasteiger partial charge on any atom is -0.339 e. The number of piperidine rings is 1. The highest BCUT2D eigenvalue weighted by molar-refractivity contribution is 7.92. The molecule has 1 spiro atoms. The number of carbonyl (C=O) groups excluding carboxylic acids is 1. The highest BCUT2D eigenvalue weighted by Crippen LogP contribution is 2.34. The van der Waals surface area contributed by atoms with Gasteiger partial charge in [-0.25, -0.2) is 12.8 Å². The lowest BCUT2D eigenvalue weighted by molar-refractivity contribution is -0.131. The Morgan fingerprint density at radius 1 is 1.19 bits per heavy atom. The van der Waals surface area contributed by atoms with Crippen LogP contribution in [0.5, 0.6) is 0 Å². The predicted molar refractivity (Wildman–Crippen MR) is 121 cm³/mol. The second kappa shape index (κ2) is 8.76. The van der Waals surface area contributed by atoms with Gasteiger partial charge in [-0.2, -0.15) is 0 Å². The van der Waals surface area contributed by atoms with Crippen molar-refractivity contribution in [2.45, 2.75) is 18.4 Å². The summed E-state index contributed by atoms with van der Waals surface area (Å²) < 4.78 is 38.7. The Kier molecular flexibility index (Phi) is 6.03. The average molecular weight is 458 g/mol. The van der Waals surface area contributed by atoms with Gasteiger partial charge in [0.25, 0.3) is 0 Å². The summed E-state index contributed by atoms with van der Waals surface area (Å²) in [5.74, 6) is -0.881. The van der Waals surface area contributed by atoms with Crippen LogP contribution in [0.4, 0.5) is 10.1 Å². The first-order valence-electron chi connectivity index (χ1n) is 10.2. The van der Waals surface area contributed by atoms with E-state index >= 15 is 0 Å². The van der Waals surface area contributed by atoms with Gasteiger partial charge in [0.05, 0.1) is 17.6 Å². The lowest BCUT2D eigenvalue weighted by atomic mass is 9.90. The van der Waals surface area contributed by atoms with Gasteiger partial charge in [-0.3, -0.25) is 19.8 Å². The van der Waals surface area contributed by atoms with Gasteiger partial charge in [0.1, 0.15) is 11.4 Å². The average Bonchev–Trinajstić information content (AvgIpc) is 3.17. The molecule has 0 unspecified atom stereocenters. The van der Waals surface area contributed by atoms with Crippen LogP contribution in [0.1, 0.15) is 24.0 Å². The van der Waals surface area contributed by atoms with Crippen molar-refractivity contribution < 1.29 is 22.4 Å². The summed E-state index contributed by atoms with van der Waals surface area (Å²) in [6.07, 6.45) is 7.28. The van der Waals surface area contributed by atoms with Gasteiger partial charge in [-0.1, -0.05) is 36.4 Å². The molecule has 7 nitrogen and oxygen atoms in total. The van der Waals surface area contributed by atoms with Gasteiger partial charge in [0.15, 0.2) is 0 Å². The van der Waals surface area contributed by atoms with Crippen LogP contribution in [0, 0.1) is 5.82 Å². The van der Waals surface area contributed by atoms with E-state index in [1.165, 1.54) is 24.3 Å². The number of carbonyl (C=O) groups is 1. The number of rotatable bonds is 5. The van der Waals surface area contributed by atoms with E-state index in [0.717, 1.165) is 17.5 Å². The highest BCUT2D eigenvalue weighted by Gasteiger charge is 2.39. The minimum absolute atomic E-state index is 0.134. The number of hydrogen-bond acceptors (Lipinski definition) is 5. The Morgan fingerprint density at radius 3 is 2.56 bits per heavy atom. The topological polar surface area (TPSA) is 87.7 Å². The van der Waals surface area contributed by atoms with E-state index in [1.807, 2.05) is 30.3 Å². The Bertz CT molecular complexity index is 1170. The molecule has 0 radical (unpaired) electrons. The van der Waals surface area contributed by atoms with Gasteiger partial charge in [-0.15, -0.1) is 0 Å². The molecular weight excluding hydrogens is 433 g/mol. The van der Waals surface area contributed by atoms with Crippen molar-refractivity contribution in [3.8, 4) is 0 Å². The Labute approximate surface area is 186 Å². The number of amides is 1. The van der Waals surface area contributed by atoms with E-state index in [1.54, 1.807) is 11.0 Å². The van der Waals surface area contributed by atoms with Crippen molar-refractivity contribution in [2.75, 3.05) is 24.1 Å². The molecular formula is C23H24FN3O4S. The second-order valence-corrected chi connectivity index (χ2v) is 9.71. The van der Waals surface area contributed by atoms with Gasteiger partial charge in [0, 0.05) is 32.0 Å². The lowest BCUT2D eigenvalue weighted by Crippen LogP contribution is -2.46. The largest absolute Gasteiger partial charge is 0.339 e. The SMILES string of the molecule is CS(=O)(=O)Nc1ccc(C=CC(=O)N2CCC3(C=C(c4ccccc4)NO3)CC2)cc1F. The predicted octanol–water partition coefficient (Wildman–Crippen LogP) is 3.15. The second-order valence-electron chi connectivity index (χ2n) is 7.97. The van der Waals surface area contributed by atoms with Crippen LogP contribution in [-0.2, 0) is 19.7 Å². The molecule has 9 heteroatoms. The zero-order valence-electron chi connectivity index (χ0n) is 17.5. The van der Waals surface area contributed by atoms with Crippen LogP contribution in [0.2, 0.25) is 0 Å². The fourth-order valence-corrected chi connectivity index (χ4v) is 4.35. The van der Waals surface area contributed by atoms with Crippen molar-refractivity contribution in [1.29, 1.82) is 0 Å². The maximum absolute atomic E-state index is 14.1. The van der Waals surface area contributed by atoms with Crippen LogP contribution in [-0.4, -0.2) is 44.2 Å². The van der Waals surface area contributed by atoms with E-state index in [9.17, 15) is 17.6 Å². The Hall–Kier alpha value is -3.17. The van der Waals surface area contributed by atoms with Crippen molar-refractivity contribution in [1.82, 2.24) is 10.4 Å². The summed E-state index contributed by atoms with van der Waals surface area (Å²) in [4.78, 5) is 20.2. The van der Waals surface area contributed by atoms with Crippen LogP contribution in [0.3, 0.4) is 0 Å². The van der Waals surface area contributed by atoms with Gasteiger partial charge in [-0.05, 0) is 35.4 Å².